The molecule has 0 aliphatic carbocycles. The van der Waals surface area contributed by atoms with Crippen molar-refractivity contribution in [3.8, 4) is 0 Å². The van der Waals surface area contributed by atoms with Crippen molar-refractivity contribution < 1.29 is 9.59 Å². The van der Waals surface area contributed by atoms with E-state index < -0.39 is 0 Å². The number of likely N-dealkylation sites (tertiary alicyclic amines) is 1. The van der Waals surface area contributed by atoms with Gasteiger partial charge >= 0.3 is 0 Å². The lowest BCUT2D eigenvalue weighted by molar-refractivity contribution is -0.132. The molecule has 0 N–H and O–H groups in total. The Morgan fingerprint density at radius 1 is 1.00 bits per heavy atom. The van der Waals surface area contributed by atoms with E-state index in [1.54, 1.807) is 12.2 Å². The highest BCUT2D eigenvalue weighted by Crippen LogP contribution is 2.13. The Labute approximate surface area is 153 Å². The monoisotopic (exact) mass is 361 g/mol. The number of carbonyl (C=O) groups excluding carboxylic acids is 2. The maximum absolute atomic E-state index is 12.3. The van der Waals surface area contributed by atoms with Crippen LogP contribution in [-0.4, -0.2) is 72.3 Å². The zero-order chi connectivity index (χ0) is 17.6. The summed E-state index contributed by atoms with van der Waals surface area (Å²) in [5, 5.41) is 0.658. The number of nitrogens with zero attached hydrogens (tertiary/aromatic N) is 3. The number of hydrogen-bond donors (Lipinski definition) is 0. The van der Waals surface area contributed by atoms with Gasteiger partial charge in [0.15, 0.2) is 0 Å². The first-order valence-corrected chi connectivity index (χ1v) is 9.22. The van der Waals surface area contributed by atoms with Gasteiger partial charge in [-0.05, 0) is 36.6 Å². The van der Waals surface area contributed by atoms with Crippen molar-refractivity contribution in [2.75, 3.05) is 45.8 Å². The molecule has 2 aliphatic rings. The van der Waals surface area contributed by atoms with E-state index in [1.165, 1.54) is 0 Å². The summed E-state index contributed by atoms with van der Waals surface area (Å²) in [6, 6.07) is 7.41. The van der Waals surface area contributed by atoms with Gasteiger partial charge in [-0.3, -0.25) is 14.5 Å². The zero-order valence-electron chi connectivity index (χ0n) is 14.4. The molecule has 2 heterocycles. The molecular formula is C19H24ClN3O2. The Kier molecular flexibility index (Phi) is 6.10. The molecule has 25 heavy (non-hydrogen) atoms. The molecule has 2 amide bonds. The molecule has 5 nitrogen and oxygen atoms in total. The van der Waals surface area contributed by atoms with Gasteiger partial charge in [0.2, 0.25) is 11.8 Å². The van der Waals surface area contributed by atoms with E-state index in [-0.39, 0.29) is 11.8 Å². The lowest BCUT2D eigenvalue weighted by Crippen LogP contribution is -2.51. The van der Waals surface area contributed by atoms with Crippen LogP contribution in [0.5, 0.6) is 0 Å². The van der Waals surface area contributed by atoms with E-state index in [9.17, 15) is 9.59 Å². The first-order chi connectivity index (χ1) is 12.1. The van der Waals surface area contributed by atoms with Crippen LogP contribution < -0.4 is 0 Å². The third-order valence-corrected chi connectivity index (χ3v) is 5.00. The van der Waals surface area contributed by atoms with E-state index >= 15 is 0 Å². The summed E-state index contributed by atoms with van der Waals surface area (Å²) in [5.41, 5.74) is 0.913. The second kappa shape index (κ2) is 8.50. The minimum absolute atomic E-state index is 0.00509. The second-order valence-electron chi connectivity index (χ2n) is 6.58. The molecule has 3 rings (SSSR count). The van der Waals surface area contributed by atoms with Crippen molar-refractivity contribution in [1.82, 2.24) is 14.7 Å². The largest absolute Gasteiger partial charge is 0.342 e. The number of benzene rings is 1. The summed E-state index contributed by atoms with van der Waals surface area (Å²) >= 11 is 5.95. The first-order valence-electron chi connectivity index (χ1n) is 8.84. The average Bonchev–Trinajstić information content (AvgIpc) is 3.15. The third-order valence-electron chi connectivity index (χ3n) is 4.77. The fourth-order valence-electron chi connectivity index (χ4n) is 3.27. The van der Waals surface area contributed by atoms with E-state index in [4.69, 9.17) is 11.6 Å². The van der Waals surface area contributed by atoms with Gasteiger partial charge in [-0.15, -0.1) is 0 Å². The summed E-state index contributed by atoms with van der Waals surface area (Å²) < 4.78 is 0. The smallest absolute Gasteiger partial charge is 0.246 e. The Bertz CT molecular complexity index is 648. The van der Waals surface area contributed by atoms with Crippen LogP contribution in [0.15, 0.2) is 30.3 Å². The van der Waals surface area contributed by atoms with Crippen LogP contribution in [0, 0.1) is 0 Å². The highest BCUT2D eigenvalue weighted by atomic mass is 35.5. The van der Waals surface area contributed by atoms with E-state index in [0.717, 1.165) is 44.6 Å². The fraction of sp³-hybridized carbons (Fsp3) is 0.474. The van der Waals surface area contributed by atoms with Crippen LogP contribution in [0.2, 0.25) is 5.02 Å². The molecule has 6 heteroatoms. The standard InChI is InChI=1S/C19H24ClN3O2/c20-17-5-3-4-16(14-17)6-7-18(24)23-12-10-21(11-13-23)15-19(25)22-8-1-2-9-22/h3-7,14H,1-2,8-13,15H2/b7-6+. The van der Waals surface area contributed by atoms with Gasteiger partial charge in [-0.1, -0.05) is 23.7 Å². The average molecular weight is 362 g/mol. The number of amides is 2. The molecule has 0 bridgehead atoms. The Balaban J connectivity index is 1.45. The Morgan fingerprint density at radius 3 is 2.40 bits per heavy atom. The molecule has 1 aromatic rings. The molecular weight excluding hydrogens is 338 g/mol. The summed E-state index contributed by atoms with van der Waals surface area (Å²) in [4.78, 5) is 30.4. The number of halogens is 1. The van der Waals surface area contributed by atoms with Crippen LogP contribution in [0.1, 0.15) is 18.4 Å². The topological polar surface area (TPSA) is 43.9 Å². The van der Waals surface area contributed by atoms with Crippen LogP contribution >= 0.6 is 11.6 Å². The highest BCUT2D eigenvalue weighted by Gasteiger charge is 2.24. The predicted molar refractivity (Wildman–Crippen MR) is 99.3 cm³/mol. The van der Waals surface area contributed by atoms with E-state index in [2.05, 4.69) is 4.90 Å². The SMILES string of the molecule is O=C(/C=C/c1cccc(Cl)c1)N1CCN(CC(=O)N2CCCC2)CC1. The molecule has 0 saturated carbocycles. The normalized spacial score (nSPS) is 18.9. The Morgan fingerprint density at radius 2 is 1.72 bits per heavy atom. The predicted octanol–water partition coefficient (Wildman–Crippen LogP) is 2.12. The molecule has 0 aromatic heterocycles. The molecule has 0 atom stereocenters. The van der Waals surface area contributed by atoms with Crippen molar-refractivity contribution >= 4 is 29.5 Å². The molecule has 2 aliphatic heterocycles. The molecule has 2 fully saturated rings. The number of piperazine rings is 1. The first kappa shape index (κ1) is 18.0. The lowest BCUT2D eigenvalue weighted by Gasteiger charge is -2.34. The quantitative estimate of drug-likeness (QED) is 0.772. The van der Waals surface area contributed by atoms with Crippen LogP contribution in [0.4, 0.5) is 0 Å². The van der Waals surface area contributed by atoms with Gasteiger partial charge in [0.05, 0.1) is 6.54 Å². The van der Waals surface area contributed by atoms with Gasteiger partial charge in [-0.2, -0.15) is 0 Å². The molecule has 134 valence electrons. The molecule has 2 saturated heterocycles. The Hall–Kier alpha value is -1.85. The molecule has 0 unspecified atom stereocenters. The van der Waals surface area contributed by atoms with Crippen LogP contribution in [0.25, 0.3) is 6.08 Å². The molecule has 0 spiro atoms. The van der Waals surface area contributed by atoms with Crippen molar-refractivity contribution in [3.05, 3.63) is 40.9 Å². The summed E-state index contributed by atoms with van der Waals surface area (Å²) in [7, 11) is 0. The number of hydrogen-bond acceptors (Lipinski definition) is 3. The fourth-order valence-corrected chi connectivity index (χ4v) is 3.47. The van der Waals surface area contributed by atoms with Gasteiger partial charge in [-0.25, -0.2) is 0 Å². The van der Waals surface area contributed by atoms with E-state index in [1.807, 2.05) is 34.1 Å². The van der Waals surface area contributed by atoms with Crippen molar-refractivity contribution in [3.63, 3.8) is 0 Å². The van der Waals surface area contributed by atoms with Gasteiger partial charge in [0.25, 0.3) is 0 Å². The number of carbonyl (C=O) groups is 2. The molecule has 1 aromatic carbocycles. The van der Waals surface area contributed by atoms with Gasteiger partial charge < -0.3 is 9.80 Å². The summed E-state index contributed by atoms with van der Waals surface area (Å²) in [6.45, 7) is 5.07. The third kappa shape index (κ3) is 5.06. The summed E-state index contributed by atoms with van der Waals surface area (Å²) in [6.07, 6.45) is 5.62. The minimum Gasteiger partial charge on any atom is -0.342 e. The highest BCUT2D eigenvalue weighted by molar-refractivity contribution is 6.30. The minimum atomic E-state index is 0.00509. The summed E-state index contributed by atoms with van der Waals surface area (Å²) in [5.74, 6) is 0.226. The van der Waals surface area contributed by atoms with Crippen LogP contribution in [0.3, 0.4) is 0 Å². The van der Waals surface area contributed by atoms with Gasteiger partial charge in [0.1, 0.15) is 0 Å². The van der Waals surface area contributed by atoms with Crippen molar-refractivity contribution in [1.29, 1.82) is 0 Å². The van der Waals surface area contributed by atoms with Crippen molar-refractivity contribution in [2.24, 2.45) is 0 Å². The lowest BCUT2D eigenvalue weighted by atomic mass is 10.2. The zero-order valence-corrected chi connectivity index (χ0v) is 15.1. The maximum Gasteiger partial charge on any atom is 0.246 e. The molecule has 0 radical (unpaired) electrons. The maximum atomic E-state index is 12.3. The number of rotatable bonds is 4. The second-order valence-corrected chi connectivity index (χ2v) is 7.01. The van der Waals surface area contributed by atoms with Gasteiger partial charge in [0, 0.05) is 50.4 Å². The van der Waals surface area contributed by atoms with E-state index in [0.29, 0.717) is 24.7 Å². The van der Waals surface area contributed by atoms with Crippen LogP contribution in [-0.2, 0) is 9.59 Å². The van der Waals surface area contributed by atoms with Crippen molar-refractivity contribution in [2.45, 2.75) is 12.8 Å².